The lowest BCUT2D eigenvalue weighted by Crippen LogP contribution is -2.17. The minimum absolute atomic E-state index is 0.0418. The Labute approximate surface area is 184 Å². The van der Waals surface area contributed by atoms with Gasteiger partial charge in [0.2, 0.25) is 11.8 Å². The van der Waals surface area contributed by atoms with Gasteiger partial charge in [-0.2, -0.15) is 18.3 Å². The van der Waals surface area contributed by atoms with Gasteiger partial charge in [0, 0.05) is 23.7 Å². The molecule has 4 aromatic rings. The van der Waals surface area contributed by atoms with E-state index in [4.69, 9.17) is 4.74 Å². The molecule has 0 saturated carbocycles. The normalized spacial score (nSPS) is 11.8. The number of alkyl halides is 3. The lowest BCUT2D eigenvalue weighted by molar-refractivity contribution is -0.142. The van der Waals surface area contributed by atoms with Gasteiger partial charge in [-0.1, -0.05) is 0 Å². The summed E-state index contributed by atoms with van der Waals surface area (Å²) in [6.07, 6.45) is -0.607. The van der Waals surface area contributed by atoms with Crippen molar-refractivity contribution in [2.75, 3.05) is 7.11 Å². The van der Waals surface area contributed by atoms with Crippen LogP contribution >= 0.6 is 0 Å². The van der Waals surface area contributed by atoms with Gasteiger partial charge in [0.05, 0.1) is 35.6 Å². The Morgan fingerprint density at radius 2 is 1.94 bits per heavy atom. The maximum absolute atomic E-state index is 12.7. The Bertz CT molecular complexity index is 1390. The van der Waals surface area contributed by atoms with Crippen LogP contribution in [0.4, 0.5) is 13.2 Å². The second-order valence-corrected chi connectivity index (χ2v) is 7.39. The van der Waals surface area contributed by atoms with Crippen molar-refractivity contribution in [3.63, 3.8) is 0 Å². The first-order valence-corrected chi connectivity index (χ1v) is 9.59. The fourth-order valence-corrected chi connectivity index (χ4v) is 3.70. The first kappa shape index (κ1) is 22.1. The number of aromatic carboxylic acids is 1. The minimum atomic E-state index is -4.43. The van der Waals surface area contributed by atoms with E-state index >= 15 is 0 Å². The molecule has 12 heteroatoms. The summed E-state index contributed by atoms with van der Waals surface area (Å²) in [6, 6.07) is 3.04. The number of fused-ring (bicyclic) bond motifs is 1. The van der Waals surface area contributed by atoms with Crippen LogP contribution in [0.1, 0.15) is 21.6 Å². The van der Waals surface area contributed by atoms with E-state index in [-0.39, 0.29) is 23.0 Å². The fourth-order valence-electron chi connectivity index (χ4n) is 3.70. The zero-order chi connectivity index (χ0) is 24.1. The van der Waals surface area contributed by atoms with Gasteiger partial charge in [-0.3, -0.25) is 9.25 Å². The van der Waals surface area contributed by atoms with Crippen LogP contribution < -0.4 is 4.74 Å². The summed E-state index contributed by atoms with van der Waals surface area (Å²) >= 11 is 0. The van der Waals surface area contributed by atoms with Crippen LogP contribution in [-0.2, 0) is 6.54 Å². The average molecular weight is 461 g/mol. The second kappa shape index (κ2) is 7.80. The predicted octanol–water partition coefficient (Wildman–Crippen LogP) is 3.88. The second-order valence-electron chi connectivity index (χ2n) is 7.39. The van der Waals surface area contributed by atoms with Crippen molar-refractivity contribution < 1.29 is 32.9 Å². The number of methoxy groups -OCH3 is 1. The van der Waals surface area contributed by atoms with Gasteiger partial charge in [0.1, 0.15) is 12.1 Å². The highest BCUT2D eigenvalue weighted by atomic mass is 19.4. The molecule has 0 atom stereocenters. The Kier molecular flexibility index (Phi) is 5.23. The standard InChI is InChI=1S/C21H18F3N5O4/c1-10-4-15(12-5-14(20(31)32)18(33-3)25-6-12)27-17-11(2)29(19(30)16(10)17)13-7-26-28(8-13)9-21(22,23)24/h4-8,30H,9H2,1-3H3,(H,31,32). The number of hydrogen-bond donors (Lipinski definition) is 2. The van der Waals surface area contributed by atoms with Crippen LogP contribution in [-0.4, -0.2) is 53.8 Å². The largest absolute Gasteiger partial charge is 0.494 e. The molecular weight excluding hydrogens is 443 g/mol. The molecule has 0 amide bonds. The van der Waals surface area contributed by atoms with E-state index < -0.39 is 18.7 Å². The van der Waals surface area contributed by atoms with Crippen molar-refractivity contribution in [3.05, 3.63) is 47.5 Å². The molecule has 0 bridgehead atoms. The van der Waals surface area contributed by atoms with E-state index in [2.05, 4.69) is 15.1 Å². The molecule has 4 aromatic heterocycles. The summed E-state index contributed by atoms with van der Waals surface area (Å²) in [5.41, 5.74) is 2.44. The van der Waals surface area contributed by atoms with Crippen molar-refractivity contribution in [2.24, 2.45) is 0 Å². The first-order chi connectivity index (χ1) is 15.5. The maximum Gasteiger partial charge on any atom is 0.408 e. The summed E-state index contributed by atoms with van der Waals surface area (Å²) in [5.74, 6) is -1.44. The lowest BCUT2D eigenvalue weighted by atomic mass is 10.1. The Hall–Kier alpha value is -4.09. The summed E-state index contributed by atoms with van der Waals surface area (Å²) < 4.78 is 45.1. The molecule has 4 rings (SSSR count). The van der Waals surface area contributed by atoms with Crippen molar-refractivity contribution in [2.45, 2.75) is 26.6 Å². The van der Waals surface area contributed by atoms with Crippen LogP contribution in [0, 0.1) is 13.8 Å². The van der Waals surface area contributed by atoms with Crippen molar-refractivity contribution in [3.8, 4) is 28.7 Å². The van der Waals surface area contributed by atoms with Crippen LogP contribution in [0.25, 0.3) is 27.8 Å². The number of pyridine rings is 2. The molecule has 9 nitrogen and oxygen atoms in total. The molecule has 0 spiro atoms. The lowest BCUT2D eigenvalue weighted by Gasteiger charge is -2.08. The molecule has 0 saturated heterocycles. The van der Waals surface area contributed by atoms with Crippen molar-refractivity contribution in [1.82, 2.24) is 24.3 Å². The molecule has 0 aliphatic carbocycles. The molecule has 33 heavy (non-hydrogen) atoms. The summed E-state index contributed by atoms with van der Waals surface area (Å²) in [4.78, 5) is 20.1. The quantitative estimate of drug-likeness (QED) is 0.464. The summed E-state index contributed by atoms with van der Waals surface area (Å²) in [7, 11) is 1.31. The van der Waals surface area contributed by atoms with Crippen LogP contribution in [0.5, 0.6) is 11.8 Å². The SMILES string of the molecule is COc1ncc(-c2cc(C)c3c(O)n(-c4cnn(CC(F)(F)F)c4)c(C)c3n2)cc1C(=O)O. The fraction of sp³-hybridized carbons (Fsp3) is 0.238. The van der Waals surface area contributed by atoms with Crippen molar-refractivity contribution >= 4 is 16.9 Å². The van der Waals surface area contributed by atoms with E-state index in [9.17, 15) is 28.2 Å². The van der Waals surface area contributed by atoms with E-state index in [0.717, 1.165) is 4.68 Å². The number of carbonyl (C=O) groups is 1. The number of aromatic hydroxyl groups is 1. The smallest absolute Gasteiger partial charge is 0.408 e. The third-order valence-corrected chi connectivity index (χ3v) is 5.12. The number of aryl methyl sites for hydroxylation is 2. The number of aromatic nitrogens is 5. The Balaban J connectivity index is 1.85. The van der Waals surface area contributed by atoms with Crippen LogP contribution in [0.15, 0.2) is 30.7 Å². The molecular formula is C21H18F3N5O4. The Morgan fingerprint density at radius 3 is 2.58 bits per heavy atom. The van der Waals surface area contributed by atoms with Gasteiger partial charge in [-0.15, -0.1) is 0 Å². The molecule has 0 fully saturated rings. The molecule has 0 unspecified atom stereocenters. The monoisotopic (exact) mass is 461 g/mol. The highest BCUT2D eigenvalue weighted by molar-refractivity contribution is 5.94. The number of nitrogens with zero attached hydrogens (tertiary/aromatic N) is 5. The number of carboxylic acids is 1. The minimum Gasteiger partial charge on any atom is -0.494 e. The van der Waals surface area contributed by atoms with E-state index in [1.54, 1.807) is 19.9 Å². The third kappa shape index (κ3) is 3.95. The van der Waals surface area contributed by atoms with Gasteiger partial charge in [0.25, 0.3) is 0 Å². The van der Waals surface area contributed by atoms with Gasteiger partial charge in [0.15, 0.2) is 0 Å². The number of carboxylic acid groups (broad SMARTS) is 1. The highest BCUT2D eigenvalue weighted by Crippen LogP contribution is 2.37. The van der Waals surface area contributed by atoms with E-state index in [0.29, 0.717) is 33.4 Å². The van der Waals surface area contributed by atoms with Gasteiger partial charge >= 0.3 is 12.1 Å². The zero-order valence-corrected chi connectivity index (χ0v) is 17.7. The van der Waals surface area contributed by atoms with Gasteiger partial charge in [-0.25, -0.2) is 14.8 Å². The van der Waals surface area contributed by atoms with Gasteiger partial charge in [-0.05, 0) is 31.5 Å². The number of ether oxygens (including phenoxy) is 1. The molecule has 0 aliphatic heterocycles. The number of hydrogen-bond acceptors (Lipinski definition) is 6. The van der Waals surface area contributed by atoms with Crippen LogP contribution in [0.3, 0.4) is 0 Å². The maximum atomic E-state index is 12.7. The van der Waals surface area contributed by atoms with Crippen LogP contribution in [0.2, 0.25) is 0 Å². The molecule has 2 N–H and O–H groups in total. The topological polar surface area (TPSA) is 115 Å². The summed E-state index contributed by atoms with van der Waals surface area (Å²) in [6.45, 7) is 2.14. The van der Waals surface area contributed by atoms with E-state index in [1.807, 2.05) is 0 Å². The molecule has 0 aliphatic rings. The van der Waals surface area contributed by atoms with E-state index in [1.165, 1.54) is 36.3 Å². The number of halogens is 3. The third-order valence-electron chi connectivity index (χ3n) is 5.12. The van der Waals surface area contributed by atoms with Gasteiger partial charge < -0.3 is 14.9 Å². The molecule has 0 radical (unpaired) electrons. The molecule has 4 heterocycles. The molecule has 172 valence electrons. The molecule has 0 aromatic carbocycles. The highest BCUT2D eigenvalue weighted by Gasteiger charge is 2.29. The predicted molar refractivity (Wildman–Crippen MR) is 111 cm³/mol. The first-order valence-electron chi connectivity index (χ1n) is 9.59. The van der Waals surface area contributed by atoms with Crippen molar-refractivity contribution in [1.29, 1.82) is 0 Å². The Morgan fingerprint density at radius 1 is 1.21 bits per heavy atom. The number of rotatable bonds is 5. The summed E-state index contributed by atoms with van der Waals surface area (Å²) in [5, 5.41) is 24.4. The average Bonchev–Trinajstić information content (AvgIpc) is 3.28. The zero-order valence-electron chi connectivity index (χ0n) is 17.7.